The predicted molar refractivity (Wildman–Crippen MR) is 81.1 cm³/mol. The molecule has 1 heterocycles. The van der Waals surface area contributed by atoms with Gasteiger partial charge in [-0.15, -0.1) is 0 Å². The largest absolute Gasteiger partial charge is 0.395 e. The van der Waals surface area contributed by atoms with Crippen LogP contribution in [0.4, 0.5) is 5.69 Å². The highest BCUT2D eigenvalue weighted by atomic mass is 16.3. The molecule has 1 aromatic carbocycles. The van der Waals surface area contributed by atoms with Gasteiger partial charge in [0, 0.05) is 31.0 Å². The van der Waals surface area contributed by atoms with Crippen molar-refractivity contribution in [3.63, 3.8) is 0 Å². The van der Waals surface area contributed by atoms with E-state index < -0.39 is 0 Å². The van der Waals surface area contributed by atoms with Gasteiger partial charge < -0.3 is 15.7 Å². The maximum Gasteiger partial charge on any atom is 0.251 e. The number of benzene rings is 1. The molecule has 6 heteroatoms. The normalized spacial score (nSPS) is 12.0. The van der Waals surface area contributed by atoms with Crippen molar-refractivity contribution in [3.05, 3.63) is 47.8 Å². The number of aliphatic hydroxyl groups is 1. The van der Waals surface area contributed by atoms with Gasteiger partial charge in [-0.05, 0) is 37.3 Å². The third-order valence-corrected chi connectivity index (χ3v) is 3.23. The number of aryl methyl sites for hydroxylation is 1. The Labute approximate surface area is 123 Å². The van der Waals surface area contributed by atoms with Gasteiger partial charge in [-0.25, -0.2) is 0 Å². The molecular formula is C15H20N4O2. The number of nitrogens with zero attached hydrogens (tertiary/aromatic N) is 2. The minimum Gasteiger partial charge on any atom is -0.395 e. The van der Waals surface area contributed by atoms with Crippen molar-refractivity contribution in [3.8, 4) is 0 Å². The molecule has 1 aromatic heterocycles. The summed E-state index contributed by atoms with van der Waals surface area (Å²) in [5.41, 5.74) is 2.59. The van der Waals surface area contributed by atoms with Crippen LogP contribution in [0.1, 0.15) is 29.0 Å². The summed E-state index contributed by atoms with van der Waals surface area (Å²) in [5.74, 6) is -0.185. The highest BCUT2D eigenvalue weighted by Gasteiger charge is 2.10. The number of rotatable bonds is 6. The van der Waals surface area contributed by atoms with Crippen LogP contribution in [0.3, 0.4) is 0 Å². The first-order valence-electron chi connectivity index (χ1n) is 6.85. The molecule has 0 spiro atoms. The van der Waals surface area contributed by atoms with Crippen molar-refractivity contribution in [2.75, 3.05) is 18.5 Å². The van der Waals surface area contributed by atoms with Gasteiger partial charge in [0.1, 0.15) is 0 Å². The van der Waals surface area contributed by atoms with E-state index in [0.717, 1.165) is 11.4 Å². The summed E-state index contributed by atoms with van der Waals surface area (Å²) in [7, 11) is 1.90. The minimum atomic E-state index is -0.185. The molecule has 0 aliphatic rings. The number of carbonyl (C=O) groups excluding carboxylic acids is 1. The summed E-state index contributed by atoms with van der Waals surface area (Å²) >= 11 is 0. The molecule has 1 unspecified atom stereocenters. The number of hydrogen-bond acceptors (Lipinski definition) is 4. The van der Waals surface area contributed by atoms with Gasteiger partial charge in [-0.2, -0.15) is 5.10 Å². The monoisotopic (exact) mass is 288 g/mol. The van der Waals surface area contributed by atoms with Crippen molar-refractivity contribution in [2.24, 2.45) is 7.05 Å². The van der Waals surface area contributed by atoms with E-state index in [4.69, 9.17) is 5.11 Å². The third-order valence-electron chi connectivity index (χ3n) is 3.23. The molecule has 1 atom stereocenters. The molecule has 0 bridgehead atoms. The smallest absolute Gasteiger partial charge is 0.251 e. The Hall–Kier alpha value is -2.34. The second-order valence-corrected chi connectivity index (χ2v) is 4.80. The second-order valence-electron chi connectivity index (χ2n) is 4.80. The van der Waals surface area contributed by atoms with E-state index in [2.05, 4.69) is 22.7 Å². The standard InChI is InChI=1S/C15H20N4O2/c1-11(14-7-8-17-19(14)2)18-13-5-3-12(4-6-13)15(21)16-9-10-20/h3-8,11,18,20H,9-10H2,1-2H3,(H,16,21). The van der Waals surface area contributed by atoms with Gasteiger partial charge in [-0.3, -0.25) is 9.48 Å². The van der Waals surface area contributed by atoms with Crippen molar-refractivity contribution < 1.29 is 9.90 Å². The number of anilines is 1. The van der Waals surface area contributed by atoms with Crippen LogP contribution in [-0.2, 0) is 7.05 Å². The fraction of sp³-hybridized carbons (Fsp3) is 0.333. The fourth-order valence-electron chi connectivity index (χ4n) is 2.12. The summed E-state index contributed by atoms with van der Waals surface area (Å²) in [4.78, 5) is 11.7. The maximum absolute atomic E-state index is 11.7. The lowest BCUT2D eigenvalue weighted by molar-refractivity contribution is 0.0945. The second kappa shape index (κ2) is 6.90. The number of nitrogens with one attached hydrogen (secondary N) is 2. The maximum atomic E-state index is 11.7. The summed E-state index contributed by atoms with van der Waals surface area (Å²) in [5, 5.41) is 18.8. The van der Waals surface area contributed by atoms with E-state index in [1.807, 2.05) is 29.9 Å². The van der Waals surface area contributed by atoms with Gasteiger partial charge in [0.15, 0.2) is 0 Å². The first-order valence-corrected chi connectivity index (χ1v) is 6.85. The molecule has 21 heavy (non-hydrogen) atoms. The van der Waals surface area contributed by atoms with Gasteiger partial charge in [0.2, 0.25) is 0 Å². The van der Waals surface area contributed by atoms with Gasteiger partial charge in [0.05, 0.1) is 18.3 Å². The zero-order chi connectivity index (χ0) is 15.2. The van der Waals surface area contributed by atoms with Crippen LogP contribution < -0.4 is 10.6 Å². The first kappa shape index (κ1) is 15.1. The van der Waals surface area contributed by atoms with Crippen molar-refractivity contribution in [1.29, 1.82) is 0 Å². The van der Waals surface area contributed by atoms with Crippen molar-refractivity contribution >= 4 is 11.6 Å². The minimum absolute atomic E-state index is 0.0619. The van der Waals surface area contributed by atoms with Gasteiger partial charge >= 0.3 is 0 Å². The van der Waals surface area contributed by atoms with E-state index in [1.54, 1.807) is 18.3 Å². The molecule has 0 aliphatic heterocycles. The van der Waals surface area contributed by atoms with Crippen LogP contribution in [0.2, 0.25) is 0 Å². The van der Waals surface area contributed by atoms with Crippen LogP contribution in [0.15, 0.2) is 36.5 Å². The lowest BCUT2D eigenvalue weighted by Gasteiger charge is -2.15. The first-order chi connectivity index (χ1) is 10.1. The Balaban J connectivity index is 1.99. The zero-order valence-corrected chi connectivity index (χ0v) is 12.2. The molecule has 0 fully saturated rings. The van der Waals surface area contributed by atoms with Crippen molar-refractivity contribution in [2.45, 2.75) is 13.0 Å². The Kier molecular flexibility index (Phi) is 4.94. The van der Waals surface area contributed by atoms with Gasteiger partial charge in [-0.1, -0.05) is 0 Å². The van der Waals surface area contributed by atoms with E-state index in [9.17, 15) is 4.79 Å². The Morgan fingerprint density at radius 3 is 2.62 bits per heavy atom. The van der Waals surface area contributed by atoms with Crippen LogP contribution in [0.5, 0.6) is 0 Å². The van der Waals surface area contributed by atoms with Crippen LogP contribution >= 0.6 is 0 Å². The molecule has 112 valence electrons. The molecular weight excluding hydrogens is 268 g/mol. The van der Waals surface area contributed by atoms with E-state index in [1.165, 1.54) is 0 Å². The molecule has 0 saturated heterocycles. The summed E-state index contributed by atoms with van der Waals surface area (Å²) in [6, 6.07) is 9.32. The summed E-state index contributed by atoms with van der Waals surface area (Å²) in [6.45, 7) is 2.25. The van der Waals surface area contributed by atoms with Crippen LogP contribution in [0.25, 0.3) is 0 Å². The molecule has 0 radical (unpaired) electrons. The Bertz CT molecular complexity index is 592. The number of aliphatic hydroxyl groups excluding tert-OH is 1. The molecule has 3 N–H and O–H groups in total. The quantitative estimate of drug-likeness (QED) is 0.749. The van der Waals surface area contributed by atoms with E-state index in [-0.39, 0.29) is 25.1 Å². The highest BCUT2D eigenvalue weighted by molar-refractivity contribution is 5.94. The Morgan fingerprint density at radius 2 is 2.05 bits per heavy atom. The zero-order valence-electron chi connectivity index (χ0n) is 12.2. The topological polar surface area (TPSA) is 79.2 Å². The fourth-order valence-corrected chi connectivity index (χ4v) is 2.12. The predicted octanol–water partition coefficient (Wildman–Crippen LogP) is 1.32. The highest BCUT2D eigenvalue weighted by Crippen LogP contribution is 2.18. The number of amides is 1. The third kappa shape index (κ3) is 3.82. The molecule has 6 nitrogen and oxygen atoms in total. The lowest BCUT2D eigenvalue weighted by Crippen LogP contribution is -2.26. The van der Waals surface area contributed by atoms with Crippen molar-refractivity contribution in [1.82, 2.24) is 15.1 Å². The lowest BCUT2D eigenvalue weighted by atomic mass is 10.1. The molecule has 2 aromatic rings. The summed E-state index contributed by atoms with van der Waals surface area (Å²) < 4.78 is 1.83. The number of hydrogen-bond donors (Lipinski definition) is 3. The summed E-state index contributed by atoms with van der Waals surface area (Å²) in [6.07, 6.45) is 1.77. The van der Waals surface area contributed by atoms with E-state index in [0.29, 0.717) is 5.56 Å². The van der Waals surface area contributed by atoms with Gasteiger partial charge in [0.25, 0.3) is 5.91 Å². The average Bonchev–Trinajstić information content (AvgIpc) is 2.91. The SMILES string of the molecule is CC(Nc1ccc(C(=O)NCCO)cc1)c1ccnn1C. The molecule has 0 saturated carbocycles. The number of carbonyl (C=O) groups is 1. The van der Waals surface area contributed by atoms with Crippen LogP contribution in [-0.4, -0.2) is 33.9 Å². The Morgan fingerprint density at radius 1 is 1.33 bits per heavy atom. The van der Waals surface area contributed by atoms with E-state index >= 15 is 0 Å². The van der Waals surface area contributed by atoms with Crippen LogP contribution in [0, 0.1) is 0 Å². The number of aromatic nitrogens is 2. The molecule has 1 amide bonds. The molecule has 2 rings (SSSR count). The molecule has 0 aliphatic carbocycles. The average molecular weight is 288 g/mol.